The lowest BCUT2D eigenvalue weighted by Crippen LogP contribution is -2.25. The first-order valence-corrected chi connectivity index (χ1v) is 8.43. The summed E-state index contributed by atoms with van der Waals surface area (Å²) in [5, 5.41) is 16.1. The highest BCUT2D eigenvalue weighted by molar-refractivity contribution is 6.04. The number of hydrogen-bond donors (Lipinski definition) is 2. The Kier molecular flexibility index (Phi) is 4.15. The molecule has 1 aliphatic rings. The molecule has 27 heavy (non-hydrogen) atoms. The Morgan fingerprint density at radius 3 is 2.30 bits per heavy atom. The largest absolute Gasteiger partial charge is 0.290 e. The Morgan fingerprint density at radius 1 is 0.963 bits per heavy atom. The van der Waals surface area contributed by atoms with Crippen LogP contribution in [0.4, 0.5) is 0 Å². The summed E-state index contributed by atoms with van der Waals surface area (Å²) < 4.78 is 1.46. The van der Waals surface area contributed by atoms with Crippen LogP contribution in [0.3, 0.4) is 0 Å². The van der Waals surface area contributed by atoms with E-state index in [1.807, 2.05) is 24.3 Å². The highest BCUT2D eigenvalue weighted by atomic mass is 16.2. The molecule has 0 aliphatic carbocycles. The van der Waals surface area contributed by atoms with Gasteiger partial charge in [0.05, 0.1) is 28.7 Å². The zero-order valence-corrected chi connectivity index (χ0v) is 14.3. The number of hydrogen-bond acceptors (Lipinski definition) is 4. The lowest BCUT2D eigenvalue weighted by atomic mass is 10.0. The van der Waals surface area contributed by atoms with Gasteiger partial charge < -0.3 is 0 Å². The summed E-state index contributed by atoms with van der Waals surface area (Å²) in [7, 11) is 0. The number of hydrazone groups is 1. The Hall–Kier alpha value is -3.92. The van der Waals surface area contributed by atoms with E-state index in [1.54, 1.807) is 24.3 Å². The number of rotatable bonds is 3. The molecule has 2 heterocycles. The van der Waals surface area contributed by atoms with E-state index in [0.717, 1.165) is 16.8 Å². The number of carbonyl (C=O) groups excluding carboxylic acids is 1. The van der Waals surface area contributed by atoms with Crippen LogP contribution in [0.5, 0.6) is 0 Å². The number of nitrogens with zero attached hydrogens (tertiary/aromatic N) is 3. The molecule has 3 aromatic rings. The second-order valence-electron chi connectivity index (χ2n) is 6.17. The number of aromatic nitrogens is 2. The molecule has 0 atom stereocenters. The molecule has 7 heteroatoms. The average molecular weight is 357 g/mol. The molecular formula is C20H15N5O2. The Labute approximate surface area is 154 Å². The zero-order valence-electron chi connectivity index (χ0n) is 14.3. The molecule has 0 fully saturated rings. The van der Waals surface area contributed by atoms with Gasteiger partial charge in [-0.2, -0.15) is 10.4 Å². The highest BCUT2D eigenvalue weighted by Gasteiger charge is 2.13. The van der Waals surface area contributed by atoms with Crippen LogP contribution >= 0.6 is 0 Å². The topological polar surface area (TPSA) is 103 Å². The van der Waals surface area contributed by atoms with Crippen LogP contribution in [0.25, 0.3) is 16.9 Å². The van der Waals surface area contributed by atoms with Crippen LogP contribution in [0.15, 0.2) is 64.5 Å². The van der Waals surface area contributed by atoms with E-state index < -0.39 is 0 Å². The minimum absolute atomic E-state index is 0.0800. The van der Waals surface area contributed by atoms with Gasteiger partial charge in [-0.25, -0.2) is 10.1 Å². The monoisotopic (exact) mass is 357 g/mol. The minimum Gasteiger partial charge on any atom is -0.290 e. The van der Waals surface area contributed by atoms with E-state index in [0.29, 0.717) is 29.8 Å². The summed E-state index contributed by atoms with van der Waals surface area (Å²) in [6.45, 7) is 0. The van der Waals surface area contributed by atoms with Gasteiger partial charge in [-0.3, -0.25) is 14.7 Å². The molecule has 0 unspecified atom stereocenters. The summed E-state index contributed by atoms with van der Waals surface area (Å²) in [5.74, 6) is -0.0800. The first-order chi connectivity index (χ1) is 13.1. The van der Waals surface area contributed by atoms with Crippen LogP contribution in [-0.2, 0) is 4.79 Å². The van der Waals surface area contributed by atoms with Crippen LogP contribution in [0, 0.1) is 11.3 Å². The van der Waals surface area contributed by atoms with Crippen molar-refractivity contribution >= 4 is 11.6 Å². The fourth-order valence-corrected chi connectivity index (χ4v) is 2.95. The number of nitriles is 1. The predicted octanol–water partition coefficient (Wildman–Crippen LogP) is 2.32. The molecule has 0 radical (unpaired) electrons. The molecule has 4 rings (SSSR count). The van der Waals surface area contributed by atoms with Crippen LogP contribution in [-0.4, -0.2) is 21.4 Å². The Bertz CT molecular complexity index is 1130. The van der Waals surface area contributed by atoms with E-state index >= 15 is 0 Å². The van der Waals surface area contributed by atoms with E-state index in [1.165, 1.54) is 10.7 Å². The fraction of sp³-hybridized carbons (Fsp3) is 0.100. The molecule has 1 aromatic heterocycles. The van der Waals surface area contributed by atoms with Gasteiger partial charge in [-0.05, 0) is 35.4 Å². The van der Waals surface area contributed by atoms with Crippen molar-refractivity contribution < 1.29 is 4.79 Å². The molecule has 1 aliphatic heterocycles. The molecule has 2 aromatic carbocycles. The number of benzene rings is 2. The second-order valence-corrected chi connectivity index (χ2v) is 6.17. The summed E-state index contributed by atoms with van der Waals surface area (Å²) in [4.78, 5) is 23.6. The molecule has 2 N–H and O–H groups in total. The van der Waals surface area contributed by atoms with Crippen molar-refractivity contribution in [2.45, 2.75) is 12.8 Å². The molecule has 0 spiro atoms. The van der Waals surface area contributed by atoms with Crippen molar-refractivity contribution in [1.82, 2.24) is 15.2 Å². The average Bonchev–Trinajstić information content (AvgIpc) is 3.10. The second kappa shape index (κ2) is 6.77. The number of nitrogens with one attached hydrogen (secondary N) is 2. The number of carbonyl (C=O) groups is 1. The van der Waals surface area contributed by atoms with Crippen LogP contribution in [0.1, 0.15) is 24.0 Å². The third-order valence-electron chi connectivity index (χ3n) is 4.41. The van der Waals surface area contributed by atoms with Crippen LogP contribution in [0.2, 0.25) is 0 Å². The van der Waals surface area contributed by atoms with Crippen molar-refractivity contribution in [2.24, 2.45) is 5.10 Å². The maximum absolute atomic E-state index is 12.4. The normalized spacial score (nSPS) is 13.6. The minimum atomic E-state index is -0.176. The molecular weight excluding hydrogens is 342 g/mol. The molecule has 0 bridgehead atoms. The summed E-state index contributed by atoms with van der Waals surface area (Å²) in [5.41, 5.74) is 6.80. The number of aromatic amines is 1. The Balaban J connectivity index is 1.62. The van der Waals surface area contributed by atoms with Crippen molar-refractivity contribution in [2.75, 3.05) is 0 Å². The predicted molar refractivity (Wildman–Crippen MR) is 100 cm³/mol. The molecule has 132 valence electrons. The zero-order chi connectivity index (χ0) is 18.8. The van der Waals surface area contributed by atoms with Crippen LogP contribution < -0.4 is 11.0 Å². The lowest BCUT2D eigenvalue weighted by molar-refractivity contribution is -0.121. The summed E-state index contributed by atoms with van der Waals surface area (Å²) in [6, 6.07) is 18.0. The SMILES string of the molecule is N#Cc1ccc(-c2cc(=O)n(-c3ccc(C4=NNC(=O)CC4)cc3)[nH]2)cc1. The van der Waals surface area contributed by atoms with Crippen molar-refractivity contribution in [3.05, 3.63) is 76.1 Å². The standard InChI is InChI=1S/C20H15N5O2/c21-12-13-1-3-15(4-2-13)18-11-20(27)25(24-18)16-7-5-14(6-8-16)17-9-10-19(26)23-22-17/h1-8,11,24H,9-10H2,(H,23,26). The van der Waals surface area contributed by atoms with Gasteiger partial charge in [0.2, 0.25) is 5.91 Å². The van der Waals surface area contributed by atoms with Crippen molar-refractivity contribution in [3.8, 4) is 23.0 Å². The van der Waals surface area contributed by atoms with Gasteiger partial charge in [0, 0.05) is 18.9 Å². The lowest BCUT2D eigenvalue weighted by Gasteiger charge is -2.12. The number of amides is 1. The van der Waals surface area contributed by atoms with E-state index in [2.05, 4.69) is 21.7 Å². The van der Waals surface area contributed by atoms with Crippen molar-refractivity contribution in [1.29, 1.82) is 5.26 Å². The van der Waals surface area contributed by atoms with E-state index in [-0.39, 0.29) is 11.5 Å². The van der Waals surface area contributed by atoms with Gasteiger partial charge in [-0.15, -0.1) is 0 Å². The highest BCUT2D eigenvalue weighted by Crippen LogP contribution is 2.18. The van der Waals surface area contributed by atoms with Gasteiger partial charge in [0.25, 0.3) is 5.56 Å². The fourth-order valence-electron chi connectivity index (χ4n) is 2.95. The van der Waals surface area contributed by atoms with Gasteiger partial charge in [-0.1, -0.05) is 24.3 Å². The molecule has 0 saturated carbocycles. The van der Waals surface area contributed by atoms with Crippen molar-refractivity contribution in [3.63, 3.8) is 0 Å². The maximum atomic E-state index is 12.4. The van der Waals surface area contributed by atoms with Gasteiger partial charge in [0.1, 0.15) is 0 Å². The quantitative estimate of drug-likeness (QED) is 0.752. The first kappa shape index (κ1) is 16.5. The third-order valence-corrected chi connectivity index (χ3v) is 4.41. The van der Waals surface area contributed by atoms with Gasteiger partial charge in [0.15, 0.2) is 0 Å². The van der Waals surface area contributed by atoms with E-state index in [4.69, 9.17) is 5.26 Å². The summed E-state index contributed by atoms with van der Waals surface area (Å²) >= 11 is 0. The molecule has 0 saturated heterocycles. The smallest absolute Gasteiger partial charge is 0.271 e. The Morgan fingerprint density at radius 2 is 1.67 bits per heavy atom. The maximum Gasteiger partial charge on any atom is 0.271 e. The van der Waals surface area contributed by atoms with Gasteiger partial charge >= 0.3 is 0 Å². The summed E-state index contributed by atoms with van der Waals surface area (Å²) in [6.07, 6.45) is 1.01. The number of H-pyrrole nitrogens is 1. The van der Waals surface area contributed by atoms with E-state index in [9.17, 15) is 9.59 Å². The molecule has 1 amide bonds. The third kappa shape index (κ3) is 3.28. The first-order valence-electron chi connectivity index (χ1n) is 8.43. The molecule has 7 nitrogen and oxygen atoms in total.